The number of nitrogens with one attached hydrogen (secondary N) is 1. The van der Waals surface area contributed by atoms with E-state index in [9.17, 15) is 9.59 Å². The summed E-state index contributed by atoms with van der Waals surface area (Å²) in [6, 6.07) is 27.0. The van der Waals surface area contributed by atoms with Crippen LogP contribution in [0, 0.1) is 0 Å². The van der Waals surface area contributed by atoms with E-state index in [1.165, 1.54) is 6.20 Å². The second kappa shape index (κ2) is 10.5. The lowest BCUT2D eigenvalue weighted by atomic mass is 9.99. The van der Waals surface area contributed by atoms with Crippen LogP contribution >= 0.6 is 11.6 Å². The fourth-order valence-corrected chi connectivity index (χ4v) is 4.99. The summed E-state index contributed by atoms with van der Waals surface area (Å²) in [6.45, 7) is 2.33. The van der Waals surface area contributed by atoms with Crippen molar-refractivity contribution in [3.63, 3.8) is 0 Å². The number of nitrogens with zero attached hydrogens (tertiary/aromatic N) is 1. The number of halogens is 1. The van der Waals surface area contributed by atoms with Crippen molar-refractivity contribution in [3.8, 4) is 22.5 Å². The molecule has 0 spiro atoms. The highest BCUT2D eigenvalue weighted by atomic mass is 35.5. The molecular formula is C32H25ClN2O5. The molecule has 200 valence electrons. The first-order valence-corrected chi connectivity index (χ1v) is 13.3. The Labute approximate surface area is 235 Å². The predicted octanol–water partition coefficient (Wildman–Crippen LogP) is 8.29. The topological polar surface area (TPSA) is 90.7 Å². The molecule has 0 bridgehead atoms. The average Bonchev–Trinajstić information content (AvgIpc) is 3.69. The van der Waals surface area contributed by atoms with Crippen molar-refractivity contribution < 1.29 is 23.5 Å². The number of rotatable bonds is 8. The van der Waals surface area contributed by atoms with Crippen molar-refractivity contribution in [3.05, 3.63) is 107 Å². The van der Waals surface area contributed by atoms with E-state index in [4.69, 9.17) is 25.5 Å². The van der Waals surface area contributed by atoms with Crippen molar-refractivity contribution in [2.24, 2.45) is 0 Å². The van der Waals surface area contributed by atoms with E-state index in [-0.39, 0.29) is 0 Å². The summed E-state index contributed by atoms with van der Waals surface area (Å²) < 4.78 is 17.0. The van der Waals surface area contributed by atoms with Crippen molar-refractivity contribution in [1.29, 1.82) is 0 Å². The number of anilines is 1. The first-order valence-electron chi connectivity index (χ1n) is 12.9. The molecule has 0 unspecified atom stereocenters. The molecule has 40 heavy (non-hydrogen) atoms. The molecule has 1 saturated carbocycles. The summed E-state index contributed by atoms with van der Waals surface area (Å²) >= 11 is 6.22. The second-order valence-electron chi connectivity index (χ2n) is 9.76. The molecule has 0 aliphatic heterocycles. The van der Waals surface area contributed by atoms with Crippen molar-refractivity contribution in [1.82, 2.24) is 4.98 Å². The van der Waals surface area contributed by atoms with Gasteiger partial charge in [0.1, 0.15) is 17.4 Å². The normalized spacial score (nSPS) is 14.3. The van der Waals surface area contributed by atoms with Gasteiger partial charge in [-0.25, -0.2) is 9.78 Å². The number of benzene rings is 3. The molecule has 2 heterocycles. The number of ether oxygens (including phenoxy) is 2. The third-order valence-electron chi connectivity index (χ3n) is 7.16. The van der Waals surface area contributed by atoms with Crippen LogP contribution in [-0.4, -0.2) is 17.5 Å². The molecular weight excluding hydrogens is 528 g/mol. The molecule has 1 aliphatic rings. The number of amides is 1. The number of furan rings is 1. The van der Waals surface area contributed by atoms with Crippen molar-refractivity contribution >= 4 is 41.0 Å². The van der Waals surface area contributed by atoms with Gasteiger partial charge in [0.15, 0.2) is 5.76 Å². The van der Waals surface area contributed by atoms with Crippen LogP contribution in [-0.2, 0) is 19.9 Å². The zero-order chi connectivity index (χ0) is 27.7. The van der Waals surface area contributed by atoms with Crippen LogP contribution in [0.4, 0.5) is 10.5 Å². The molecule has 0 radical (unpaired) electrons. The Bertz CT molecular complexity index is 1680. The van der Waals surface area contributed by atoms with Gasteiger partial charge in [-0.15, -0.1) is 0 Å². The summed E-state index contributed by atoms with van der Waals surface area (Å²) in [5, 5.41) is 3.84. The molecule has 7 nitrogen and oxygen atoms in total. The van der Waals surface area contributed by atoms with Crippen LogP contribution in [0.15, 0.2) is 95.5 Å². The predicted molar refractivity (Wildman–Crippen MR) is 153 cm³/mol. The highest BCUT2D eigenvalue weighted by Gasteiger charge is 2.46. The number of aromatic nitrogens is 1. The number of hydrogen-bond acceptors (Lipinski definition) is 6. The Hall–Kier alpha value is -4.62. The summed E-state index contributed by atoms with van der Waals surface area (Å²) in [6.07, 6.45) is 2.10. The van der Waals surface area contributed by atoms with Crippen LogP contribution in [0.3, 0.4) is 0 Å². The van der Waals surface area contributed by atoms with Crippen LogP contribution in [0.1, 0.15) is 37.0 Å². The van der Waals surface area contributed by atoms with Gasteiger partial charge in [-0.05, 0) is 48.1 Å². The van der Waals surface area contributed by atoms with E-state index in [2.05, 4.69) is 10.3 Å². The molecule has 2 aromatic heterocycles. The van der Waals surface area contributed by atoms with Crippen LogP contribution in [0.2, 0.25) is 5.02 Å². The Morgan fingerprint density at radius 2 is 1.65 bits per heavy atom. The molecule has 5 aromatic rings. The molecule has 6 rings (SSSR count). The first kappa shape index (κ1) is 25.6. The van der Waals surface area contributed by atoms with Crippen molar-refractivity contribution in [2.75, 3.05) is 5.32 Å². The minimum absolute atomic E-state index is 0.344. The van der Waals surface area contributed by atoms with Crippen LogP contribution < -0.4 is 5.32 Å². The van der Waals surface area contributed by atoms with E-state index in [0.29, 0.717) is 34.0 Å². The van der Waals surface area contributed by atoms with Gasteiger partial charge in [0.05, 0.1) is 10.4 Å². The Morgan fingerprint density at radius 1 is 1.00 bits per heavy atom. The van der Waals surface area contributed by atoms with E-state index >= 15 is 0 Å². The molecule has 1 atom stereocenters. The minimum Gasteiger partial charge on any atom is -0.456 e. The van der Waals surface area contributed by atoms with Crippen molar-refractivity contribution in [2.45, 2.75) is 31.5 Å². The standard InChI is InChI=1S/C32H25ClN2O5/c1-20(21-5-3-2-4-6-21)39-31(37)35-28-27-17-26(33)18-34-30(27)40-29(28)24-9-7-22(8-10-24)23-11-13-25(14-12-23)32(15-16-32)38-19-36/h2-14,17-20H,15-16H2,1H3,(H,35,37)/t20-/m1/s1. The highest BCUT2D eigenvalue weighted by Crippen LogP contribution is 2.49. The number of pyridine rings is 1. The van der Waals surface area contributed by atoms with Gasteiger partial charge in [0, 0.05) is 11.8 Å². The number of carbonyl (C=O) groups is 2. The number of hydrogen-bond donors (Lipinski definition) is 1. The third-order valence-corrected chi connectivity index (χ3v) is 7.37. The minimum atomic E-state index is -0.621. The van der Waals surface area contributed by atoms with Crippen LogP contribution in [0.5, 0.6) is 0 Å². The second-order valence-corrected chi connectivity index (χ2v) is 10.2. The van der Waals surface area contributed by atoms with Gasteiger partial charge in [-0.1, -0.05) is 90.5 Å². The maximum Gasteiger partial charge on any atom is 0.412 e. The molecule has 8 heteroatoms. The number of carbonyl (C=O) groups excluding carboxylic acids is 2. The maximum atomic E-state index is 12.9. The van der Waals surface area contributed by atoms with Gasteiger partial charge >= 0.3 is 6.09 Å². The summed E-state index contributed by atoms with van der Waals surface area (Å²) in [4.78, 5) is 28.1. The SMILES string of the molecule is C[C@@H](OC(=O)Nc1c(-c2ccc(-c3ccc(C4(OC=O)CC4)cc3)cc2)oc2ncc(Cl)cc12)c1ccccc1. The Balaban J connectivity index is 1.27. The zero-order valence-corrected chi connectivity index (χ0v) is 22.4. The van der Waals surface area contributed by atoms with E-state index in [1.54, 1.807) is 6.07 Å². The Kier molecular flexibility index (Phi) is 6.74. The van der Waals surface area contributed by atoms with E-state index < -0.39 is 17.8 Å². The smallest absolute Gasteiger partial charge is 0.412 e. The highest BCUT2D eigenvalue weighted by molar-refractivity contribution is 6.31. The molecule has 1 fully saturated rings. The summed E-state index contributed by atoms with van der Waals surface area (Å²) in [5.41, 5.74) is 4.95. The lowest BCUT2D eigenvalue weighted by Crippen LogP contribution is -2.16. The summed E-state index contributed by atoms with van der Waals surface area (Å²) in [5.74, 6) is 0.442. The quantitative estimate of drug-likeness (QED) is 0.195. The fourth-order valence-electron chi connectivity index (χ4n) is 4.83. The third kappa shape index (κ3) is 5.03. The molecule has 1 N–H and O–H groups in total. The summed E-state index contributed by atoms with van der Waals surface area (Å²) in [7, 11) is 0. The largest absolute Gasteiger partial charge is 0.456 e. The van der Waals surface area contributed by atoms with Gasteiger partial charge < -0.3 is 13.9 Å². The van der Waals surface area contributed by atoms with Crippen LogP contribution in [0.25, 0.3) is 33.6 Å². The monoisotopic (exact) mass is 552 g/mol. The molecule has 3 aromatic carbocycles. The van der Waals surface area contributed by atoms with Gasteiger partial charge in [-0.3, -0.25) is 10.1 Å². The fraction of sp³-hybridized carbons (Fsp3) is 0.156. The average molecular weight is 553 g/mol. The van der Waals surface area contributed by atoms with Gasteiger partial charge in [-0.2, -0.15) is 0 Å². The molecule has 0 saturated heterocycles. The van der Waals surface area contributed by atoms with Gasteiger partial charge in [0.2, 0.25) is 5.71 Å². The maximum absolute atomic E-state index is 12.9. The van der Waals surface area contributed by atoms with E-state index in [0.717, 1.165) is 40.7 Å². The molecule has 1 amide bonds. The van der Waals surface area contributed by atoms with E-state index in [1.807, 2.05) is 85.8 Å². The molecule has 1 aliphatic carbocycles. The van der Waals surface area contributed by atoms with Gasteiger partial charge in [0.25, 0.3) is 6.47 Å². The first-order chi connectivity index (χ1) is 19.5. The number of fused-ring (bicyclic) bond motifs is 1. The lowest BCUT2D eigenvalue weighted by Gasteiger charge is -2.14. The zero-order valence-electron chi connectivity index (χ0n) is 21.6. The lowest BCUT2D eigenvalue weighted by molar-refractivity contribution is -0.136. The Morgan fingerprint density at radius 3 is 2.30 bits per heavy atom.